The van der Waals surface area contributed by atoms with E-state index in [2.05, 4.69) is 13.8 Å². The Kier molecular flexibility index (Phi) is 6.41. The molecule has 1 N–H and O–H groups in total. The van der Waals surface area contributed by atoms with Gasteiger partial charge in [-0.3, -0.25) is 14.5 Å². The van der Waals surface area contributed by atoms with Crippen LogP contribution in [0.3, 0.4) is 0 Å². The van der Waals surface area contributed by atoms with Crippen LogP contribution in [0.25, 0.3) is 5.76 Å². The number of hydrogen-bond acceptors (Lipinski definition) is 5. The molecule has 1 aliphatic rings. The third kappa shape index (κ3) is 3.92. The summed E-state index contributed by atoms with van der Waals surface area (Å²) in [5, 5.41) is 11.5. The van der Waals surface area contributed by atoms with Gasteiger partial charge in [0.1, 0.15) is 22.8 Å². The molecule has 34 heavy (non-hydrogen) atoms. The molecule has 1 saturated heterocycles. The number of aliphatic hydroxyl groups is 1. The van der Waals surface area contributed by atoms with Gasteiger partial charge in [0.05, 0.1) is 25.8 Å². The van der Waals surface area contributed by atoms with Crippen molar-refractivity contribution < 1.29 is 24.2 Å². The predicted octanol–water partition coefficient (Wildman–Crippen LogP) is 5.45. The number of methoxy groups -OCH3 is 2. The maximum absolute atomic E-state index is 13.4. The highest BCUT2D eigenvalue weighted by Crippen LogP contribution is 2.45. The molecule has 1 amide bonds. The SMILES string of the molecule is COc1cccc(OC)c1/C(O)=C1\C(=O)C(=O)N(c2ccc(C(C)C)cc2)C1c1ccccc1. The van der Waals surface area contributed by atoms with Crippen LogP contribution < -0.4 is 14.4 Å². The monoisotopic (exact) mass is 457 g/mol. The Hall–Kier alpha value is -4.06. The van der Waals surface area contributed by atoms with Gasteiger partial charge in [-0.1, -0.05) is 62.4 Å². The predicted molar refractivity (Wildman–Crippen MR) is 131 cm³/mol. The van der Waals surface area contributed by atoms with Crippen molar-refractivity contribution in [2.45, 2.75) is 25.8 Å². The fraction of sp³-hybridized carbons (Fsp3) is 0.214. The fourth-order valence-corrected chi connectivity index (χ4v) is 4.29. The number of Topliss-reactive ketones (excluding diaryl/α,β-unsaturated/α-hetero) is 1. The lowest BCUT2D eigenvalue weighted by molar-refractivity contribution is -0.132. The smallest absolute Gasteiger partial charge is 0.300 e. The second kappa shape index (κ2) is 9.43. The minimum Gasteiger partial charge on any atom is -0.506 e. The number of carbonyl (C=O) groups excluding carboxylic acids is 2. The lowest BCUT2D eigenvalue weighted by Gasteiger charge is -2.26. The Balaban J connectivity index is 1.96. The van der Waals surface area contributed by atoms with Crippen LogP contribution in [0.1, 0.15) is 42.5 Å². The molecule has 0 spiro atoms. The minimum absolute atomic E-state index is 0.0214. The van der Waals surface area contributed by atoms with Crippen molar-refractivity contribution in [2.24, 2.45) is 0 Å². The summed E-state index contributed by atoms with van der Waals surface area (Å²) in [5.41, 5.74) is 2.60. The number of ether oxygens (including phenoxy) is 2. The number of hydrogen-bond donors (Lipinski definition) is 1. The molecule has 4 rings (SSSR count). The van der Waals surface area contributed by atoms with Crippen molar-refractivity contribution in [2.75, 3.05) is 19.1 Å². The number of benzene rings is 3. The molecule has 1 unspecified atom stereocenters. The van der Waals surface area contributed by atoms with E-state index in [1.807, 2.05) is 54.6 Å². The van der Waals surface area contributed by atoms with E-state index in [4.69, 9.17) is 9.47 Å². The topological polar surface area (TPSA) is 76.1 Å². The number of amides is 1. The molecule has 1 aliphatic heterocycles. The summed E-state index contributed by atoms with van der Waals surface area (Å²) in [6.07, 6.45) is 0. The van der Waals surface area contributed by atoms with Gasteiger partial charge in [0.25, 0.3) is 11.7 Å². The summed E-state index contributed by atoms with van der Waals surface area (Å²) in [6.45, 7) is 4.18. The van der Waals surface area contributed by atoms with Gasteiger partial charge in [0, 0.05) is 5.69 Å². The molecule has 0 saturated carbocycles. The van der Waals surface area contributed by atoms with Crippen molar-refractivity contribution in [3.05, 3.63) is 95.1 Å². The van der Waals surface area contributed by atoms with Gasteiger partial charge in [0.15, 0.2) is 0 Å². The van der Waals surface area contributed by atoms with E-state index in [-0.39, 0.29) is 16.9 Å². The van der Waals surface area contributed by atoms with Gasteiger partial charge in [-0.2, -0.15) is 0 Å². The molecule has 3 aromatic carbocycles. The van der Waals surface area contributed by atoms with E-state index in [1.54, 1.807) is 18.2 Å². The molecule has 6 heteroatoms. The number of nitrogens with zero attached hydrogens (tertiary/aromatic N) is 1. The van der Waals surface area contributed by atoms with Crippen molar-refractivity contribution in [1.82, 2.24) is 0 Å². The van der Waals surface area contributed by atoms with Crippen molar-refractivity contribution in [1.29, 1.82) is 0 Å². The highest BCUT2D eigenvalue weighted by molar-refractivity contribution is 6.51. The van der Waals surface area contributed by atoms with Gasteiger partial charge in [-0.25, -0.2) is 0 Å². The molecule has 0 bridgehead atoms. The van der Waals surface area contributed by atoms with E-state index < -0.39 is 17.7 Å². The van der Waals surface area contributed by atoms with E-state index in [9.17, 15) is 14.7 Å². The van der Waals surface area contributed by atoms with Crippen LogP contribution in [0, 0.1) is 0 Å². The van der Waals surface area contributed by atoms with Crippen LogP contribution in [0.5, 0.6) is 11.5 Å². The number of carbonyl (C=O) groups is 2. The average molecular weight is 458 g/mol. The first kappa shape index (κ1) is 23.1. The van der Waals surface area contributed by atoms with Crippen molar-refractivity contribution in [3.8, 4) is 11.5 Å². The zero-order valence-corrected chi connectivity index (χ0v) is 19.6. The van der Waals surface area contributed by atoms with Crippen molar-refractivity contribution >= 4 is 23.1 Å². The van der Waals surface area contributed by atoms with E-state index in [1.165, 1.54) is 19.1 Å². The van der Waals surface area contributed by atoms with E-state index in [0.29, 0.717) is 28.7 Å². The normalized spacial score (nSPS) is 17.3. The minimum atomic E-state index is -0.819. The summed E-state index contributed by atoms with van der Waals surface area (Å²) in [4.78, 5) is 28.1. The number of anilines is 1. The molecule has 3 aromatic rings. The second-order valence-corrected chi connectivity index (χ2v) is 8.36. The van der Waals surface area contributed by atoms with Gasteiger partial charge in [0.2, 0.25) is 0 Å². The maximum Gasteiger partial charge on any atom is 0.300 e. The van der Waals surface area contributed by atoms with Gasteiger partial charge in [-0.15, -0.1) is 0 Å². The first-order chi connectivity index (χ1) is 16.4. The highest BCUT2D eigenvalue weighted by atomic mass is 16.5. The largest absolute Gasteiger partial charge is 0.506 e. The molecular formula is C28H27NO5. The standard InChI is InChI=1S/C28H27NO5/c1-17(2)18-13-15-20(16-14-18)29-25(19-9-6-5-7-10-19)24(27(31)28(29)32)26(30)23-21(33-3)11-8-12-22(23)34-4/h5-17,25,30H,1-4H3/b26-24+. The van der Waals surface area contributed by atoms with E-state index >= 15 is 0 Å². The highest BCUT2D eigenvalue weighted by Gasteiger charge is 2.47. The third-order valence-electron chi connectivity index (χ3n) is 6.06. The van der Waals surface area contributed by atoms with Crippen LogP contribution in [0.4, 0.5) is 5.69 Å². The summed E-state index contributed by atoms with van der Waals surface area (Å²) in [5.74, 6) is -0.837. The molecule has 1 atom stereocenters. The summed E-state index contributed by atoms with van der Waals surface area (Å²) in [6, 6.07) is 21.0. The Morgan fingerprint density at radius 3 is 1.97 bits per heavy atom. The van der Waals surface area contributed by atoms with Gasteiger partial charge >= 0.3 is 0 Å². The van der Waals surface area contributed by atoms with E-state index in [0.717, 1.165) is 5.56 Å². The quantitative estimate of drug-likeness (QED) is 0.302. The zero-order chi connectivity index (χ0) is 24.4. The number of ketones is 1. The number of aliphatic hydroxyl groups excluding tert-OH is 1. The first-order valence-corrected chi connectivity index (χ1v) is 11.1. The molecule has 6 nitrogen and oxygen atoms in total. The fourth-order valence-electron chi connectivity index (χ4n) is 4.29. The van der Waals surface area contributed by atoms with Crippen LogP contribution in [-0.4, -0.2) is 31.0 Å². The lowest BCUT2D eigenvalue weighted by Crippen LogP contribution is -2.29. The molecule has 1 heterocycles. The van der Waals surface area contributed by atoms with Crippen LogP contribution >= 0.6 is 0 Å². The molecule has 0 radical (unpaired) electrons. The zero-order valence-electron chi connectivity index (χ0n) is 19.6. The molecule has 174 valence electrons. The maximum atomic E-state index is 13.4. The van der Waals surface area contributed by atoms with Gasteiger partial charge in [-0.05, 0) is 41.3 Å². The number of rotatable bonds is 6. The Morgan fingerprint density at radius 1 is 0.853 bits per heavy atom. The second-order valence-electron chi connectivity index (χ2n) is 8.36. The van der Waals surface area contributed by atoms with Crippen molar-refractivity contribution in [3.63, 3.8) is 0 Å². The molecule has 0 aliphatic carbocycles. The summed E-state index contributed by atoms with van der Waals surface area (Å²) < 4.78 is 10.9. The molecule has 1 fully saturated rings. The Labute approximate surface area is 199 Å². The van der Waals surface area contributed by atoms with Gasteiger partial charge < -0.3 is 14.6 Å². The van der Waals surface area contributed by atoms with Crippen LogP contribution in [0.15, 0.2) is 78.4 Å². The third-order valence-corrected chi connectivity index (χ3v) is 6.06. The Bertz CT molecular complexity index is 1220. The van der Waals surface area contributed by atoms with Crippen LogP contribution in [0.2, 0.25) is 0 Å². The lowest BCUT2D eigenvalue weighted by atomic mass is 9.94. The summed E-state index contributed by atoms with van der Waals surface area (Å²) in [7, 11) is 2.93. The average Bonchev–Trinajstić information content (AvgIpc) is 3.13. The molecule has 0 aromatic heterocycles. The van der Waals surface area contributed by atoms with Crippen LogP contribution in [-0.2, 0) is 9.59 Å². The molecular weight excluding hydrogens is 430 g/mol. The Morgan fingerprint density at radius 2 is 1.44 bits per heavy atom. The summed E-state index contributed by atoms with van der Waals surface area (Å²) >= 11 is 0. The first-order valence-electron chi connectivity index (χ1n) is 11.1.